The molecule has 2 aromatic carbocycles. The number of para-hydroxylation sites is 1. The molecule has 0 bridgehead atoms. The Morgan fingerprint density at radius 1 is 0.857 bits per heavy atom. The molecule has 2 aliphatic rings. The van der Waals surface area contributed by atoms with Crippen molar-refractivity contribution in [2.24, 2.45) is 0 Å². The fourth-order valence-electron chi connectivity index (χ4n) is 5.86. The third kappa shape index (κ3) is 7.27. The zero-order valence-corrected chi connectivity index (χ0v) is 23.1. The molecule has 2 saturated heterocycles. The highest BCUT2D eigenvalue weighted by molar-refractivity contribution is 5.95. The Labute approximate surface area is 240 Å². The van der Waals surface area contributed by atoms with Crippen molar-refractivity contribution in [1.29, 1.82) is 0 Å². The number of halogens is 6. The Kier molecular flexibility index (Phi) is 9.14. The van der Waals surface area contributed by atoms with Crippen molar-refractivity contribution >= 4 is 16.8 Å². The monoisotopic (exact) mass is 596 g/mol. The van der Waals surface area contributed by atoms with Gasteiger partial charge in [0.15, 0.2) is 0 Å². The molecule has 0 radical (unpaired) electrons. The van der Waals surface area contributed by atoms with Crippen LogP contribution in [0.4, 0.5) is 26.3 Å². The van der Waals surface area contributed by atoms with Crippen LogP contribution in [0.15, 0.2) is 48.7 Å². The quantitative estimate of drug-likeness (QED) is 0.268. The van der Waals surface area contributed by atoms with E-state index in [0.29, 0.717) is 31.6 Å². The molecule has 1 aromatic heterocycles. The number of nitrogens with one attached hydrogen (secondary N) is 1. The Bertz CT molecular complexity index is 1330. The number of fused-ring (bicyclic) bond motifs is 1. The third-order valence-corrected chi connectivity index (χ3v) is 8.10. The molecular weight excluding hydrogens is 562 g/mol. The van der Waals surface area contributed by atoms with Crippen molar-refractivity contribution in [3.05, 3.63) is 70.9 Å². The molecule has 1 N–H and O–H groups in total. The van der Waals surface area contributed by atoms with Gasteiger partial charge in [0.05, 0.1) is 24.3 Å². The highest BCUT2D eigenvalue weighted by atomic mass is 19.4. The standard InChI is InChI=1S/C30H34F6N4O2/c31-29(32,33)23-15-21(16-24(18-23)30(34,35)36)28(41)40-10-9-39(8-4-3-7-38-11-13-42-14-12-38)20-25(40)17-22-19-37-27-6-2-1-5-26(22)27/h1-2,5-6,15-16,18-19,25,37H,3-4,7-14,17,20H2/t25-/m1/s1. The fourth-order valence-corrected chi connectivity index (χ4v) is 5.86. The molecule has 1 amide bonds. The number of ether oxygens (including phenoxy) is 1. The number of hydrogen-bond donors (Lipinski definition) is 1. The molecule has 3 heterocycles. The first-order valence-electron chi connectivity index (χ1n) is 14.2. The van der Waals surface area contributed by atoms with Crippen molar-refractivity contribution in [2.75, 3.05) is 59.0 Å². The van der Waals surface area contributed by atoms with E-state index in [-0.39, 0.29) is 12.6 Å². The number of piperazine rings is 1. The molecule has 0 spiro atoms. The van der Waals surface area contributed by atoms with Crippen LogP contribution in [-0.4, -0.2) is 90.7 Å². The summed E-state index contributed by atoms with van der Waals surface area (Å²) in [6.45, 7) is 6.22. The summed E-state index contributed by atoms with van der Waals surface area (Å²) < 4.78 is 86.5. The number of hydrogen-bond acceptors (Lipinski definition) is 4. The van der Waals surface area contributed by atoms with Crippen LogP contribution >= 0.6 is 0 Å². The molecular formula is C30H34F6N4O2. The average Bonchev–Trinajstić information content (AvgIpc) is 3.37. The van der Waals surface area contributed by atoms with Crippen molar-refractivity contribution in [3.8, 4) is 0 Å². The maximum absolute atomic E-state index is 13.7. The number of H-pyrrole nitrogens is 1. The van der Waals surface area contributed by atoms with Gasteiger partial charge in [0.1, 0.15) is 0 Å². The van der Waals surface area contributed by atoms with Gasteiger partial charge < -0.3 is 14.6 Å². The Morgan fingerprint density at radius 2 is 1.50 bits per heavy atom. The molecule has 0 saturated carbocycles. The minimum absolute atomic E-state index is 0.0507. The first-order valence-corrected chi connectivity index (χ1v) is 14.2. The topological polar surface area (TPSA) is 51.8 Å². The lowest BCUT2D eigenvalue weighted by atomic mass is 9.98. The molecule has 1 atom stereocenters. The van der Waals surface area contributed by atoms with E-state index >= 15 is 0 Å². The van der Waals surface area contributed by atoms with Crippen LogP contribution in [0.1, 0.15) is 39.9 Å². The number of aromatic nitrogens is 1. The number of unbranched alkanes of at least 4 members (excludes halogenated alkanes) is 1. The lowest BCUT2D eigenvalue weighted by Gasteiger charge is -2.42. The van der Waals surface area contributed by atoms with Crippen LogP contribution in [0, 0.1) is 0 Å². The number of nitrogens with zero attached hydrogens (tertiary/aromatic N) is 3. The molecule has 42 heavy (non-hydrogen) atoms. The van der Waals surface area contributed by atoms with Gasteiger partial charge in [0.2, 0.25) is 0 Å². The Hall–Kier alpha value is -3.09. The minimum Gasteiger partial charge on any atom is -0.379 e. The maximum Gasteiger partial charge on any atom is 0.416 e. The molecule has 6 nitrogen and oxygen atoms in total. The number of carbonyl (C=O) groups is 1. The van der Waals surface area contributed by atoms with Gasteiger partial charge in [-0.2, -0.15) is 26.3 Å². The van der Waals surface area contributed by atoms with Crippen LogP contribution in [0.3, 0.4) is 0 Å². The van der Waals surface area contributed by atoms with Crippen molar-refractivity contribution in [1.82, 2.24) is 19.7 Å². The van der Waals surface area contributed by atoms with Gasteiger partial charge in [-0.3, -0.25) is 14.6 Å². The molecule has 2 fully saturated rings. The van der Waals surface area contributed by atoms with E-state index in [1.807, 2.05) is 30.5 Å². The van der Waals surface area contributed by atoms with Crippen LogP contribution in [-0.2, 0) is 23.5 Å². The summed E-state index contributed by atoms with van der Waals surface area (Å²) in [5.41, 5.74) is -1.75. The predicted molar refractivity (Wildman–Crippen MR) is 146 cm³/mol. The first-order chi connectivity index (χ1) is 20.0. The molecule has 5 rings (SSSR count). The summed E-state index contributed by atoms with van der Waals surface area (Å²) in [6.07, 6.45) is -5.87. The first kappa shape index (κ1) is 30.4. The lowest BCUT2D eigenvalue weighted by molar-refractivity contribution is -0.143. The SMILES string of the molecule is O=C(c1cc(C(F)(F)F)cc(C(F)(F)F)c1)N1CCN(CCCCN2CCOCC2)C[C@H]1Cc1c[nH]c2ccccc12. The van der Waals surface area contributed by atoms with Gasteiger partial charge in [-0.15, -0.1) is 0 Å². The number of carbonyl (C=O) groups excluding carboxylic acids is 1. The van der Waals surface area contributed by atoms with E-state index in [4.69, 9.17) is 4.74 Å². The summed E-state index contributed by atoms with van der Waals surface area (Å²) in [5.74, 6) is -0.830. The number of benzene rings is 2. The number of rotatable bonds is 8. The Balaban J connectivity index is 1.35. The minimum atomic E-state index is -5.03. The molecule has 228 valence electrons. The van der Waals surface area contributed by atoms with Crippen LogP contribution < -0.4 is 0 Å². The molecule has 3 aromatic rings. The number of amides is 1. The predicted octanol–water partition coefficient (Wildman–Crippen LogP) is 5.69. The largest absolute Gasteiger partial charge is 0.416 e. The summed E-state index contributed by atoms with van der Waals surface area (Å²) >= 11 is 0. The van der Waals surface area contributed by atoms with Crippen molar-refractivity contribution in [3.63, 3.8) is 0 Å². The molecule has 12 heteroatoms. The van der Waals surface area contributed by atoms with E-state index in [0.717, 1.165) is 68.7 Å². The second-order valence-electron chi connectivity index (χ2n) is 11.0. The van der Waals surface area contributed by atoms with Gasteiger partial charge in [0.25, 0.3) is 5.91 Å². The summed E-state index contributed by atoms with van der Waals surface area (Å²) in [4.78, 5) is 22.9. The van der Waals surface area contributed by atoms with E-state index in [1.165, 1.54) is 4.90 Å². The van der Waals surface area contributed by atoms with Crippen molar-refractivity contribution in [2.45, 2.75) is 37.7 Å². The summed E-state index contributed by atoms with van der Waals surface area (Å²) in [7, 11) is 0. The normalized spacial score (nSPS) is 19.5. The lowest BCUT2D eigenvalue weighted by Crippen LogP contribution is -2.56. The van der Waals surface area contributed by atoms with Gasteiger partial charge in [-0.1, -0.05) is 18.2 Å². The zero-order valence-electron chi connectivity index (χ0n) is 23.1. The van der Waals surface area contributed by atoms with Crippen LogP contribution in [0.2, 0.25) is 0 Å². The van der Waals surface area contributed by atoms with E-state index < -0.39 is 41.0 Å². The van der Waals surface area contributed by atoms with Gasteiger partial charge in [0, 0.05) is 61.4 Å². The molecule has 0 unspecified atom stereocenters. The fraction of sp³-hybridized carbons (Fsp3) is 0.500. The Morgan fingerprint density at radius 3 is 2.17 bits per heavy atom. The maximum atomic E-state index is 13.7. The van der Waals surface area contributed by atoms with Gasteiger partial charge >= 0.3 is 12.4 Å². The summed E-state index contributed by atoms with van der Waals surface area (Å²) in [6, 6.07) is 8.32. The number of morpholine rings is 1. The van der Waals surface area contributed by atoms with Crippen LogP contribution in [0.5, 0.6) is 0 Å². The highest BCUT2D eigenvalue weighted by Gasteiger charge is 2.39. The van der Waals surface area contributed by atoms with E-state index in [2.05, 4.69) is 14.8 Å². The molecule has 0 aliphatic carbocycles. The average molecular weight is 597 g/mol. The molecule has 2 aliphatic heterocycles. The second kappa shape index (κ2) is 12.6. The van der Waals surface area contributed by atoms with Crippen molar-refractivity contribution < 1.29 is 35.9 Å². The second-order valence-corrected chi connectivity index (χ2v) is 11.0. The van der Waals surface area contributed by atoms with E-state index in [9.17, 15) is 31.1 Å². The smallest absolute Gasteiger partial charge is 0.379 e. The van der Waals surface area contributed by atoms with Gasteiger partial charge in [-0.05, 0) is 62.2 Å². The number of alkyl halides is 6. The van der Waals surface area contributed by atoms with E-state index in [1.54, 1.807) is 0 Å². The van der Waals surface area contributed by atoms with Gasteiger partial charge in [-0.25, -0.2) is 0 Å². The third-order valence-electron chi connectivity index (χ3n) is 8.10. The zero-order chi connectivity index (χ0) is 29.9. The highest BCUT2D eigenvalue weighted by Crippen LogP contribution is 2.37. The summed E-state index contributed by atoms with van der Waals surface area (Å²) in [5, 5.41) is 0.964. The van der Waals surface area contributed by atoms with Crippen LogP contribution in [0.25, 0.3) is 10.9 Å². The number of aromatic amines is 1.